The van der Waals surface area contributed by atoms with Crippen molar-refractivity contribution in [1.29, 1.82) is 0 Å². The van der Waals surface area contributed by atoms with Crippen LogP contribution in [0.15, 0.2) is 5.03 Å². The number of aryl methyl sites for hydroxylation is 1. The van der Waals surface area contributed by atoms with E-state index in [0.717, 1.165) is 0 Å². The Bertz CT molecular complexity index is 437. The van der Waals surface area contributed by atoms with Gasteiger partial charge in [-0.2, -0.15) is 0 Å². The third kappa shape index (κ3) is 3.74. The highest BCUT2D eigenvalue weighted by atomic mass is 35.5. The molecule has 1 aromatic heterocycles. The number of amides is 1. The zero-order valence-corrected chi connectivity index (χ0v) is 12.3. The van der Waals surface area contributed by atoms with Gasteiger partial charge < -0.3 is 10.6 Å². The van der Waals surface area contributed by atoms with E-state index in [9.17, 15) is 4.79 Å². The Morgan fingerprint density at radius 3 is 2.56 bits per heavy atom. The van der Waals surface area contributed by atoms with Crippen LogP contribution in [-0.2, 0) is 4.79 Å². The number of thioether (sulfide) groups is 1. The van der Waals surface area contributed by atoms with Crippen molar-refractivity contribution in [2.24, 2.45) is 0 Å². The highest BCUT2D eigenvalue weighted by Crippen LogP contribution is 2.26. The molecule has 0 saturated heterocycles. The van der Waals surface area contributed by atoms with E-state index in [1.165, 1.54) is 11.8 Å². The Morgan fingerprint density at radius 1 is 1.39 bits per heavy atom. The van der Waals surface area contributed by atoms with Crippen LogP contribution in [0, 0.1) is 6.92 Å². The standard InChI is InChI=1S/C11H17ClN4OS/c1-4-16(5-2)8(17)6-18-10-9(13)7(3)14-11(12)15-10/h4-6,13H2,1-3H3. The van der Waals surface area contributed by atoms with Crippen LogP contribution in [0.4, 0.5) is 5.69 Å². The number of nitrogens with zero attached hydrogens (tertiary/aromatic N) is 3. The van der Waals surface area contributed by atoms with Crippen molar-refractivity contribution in [1.82, 2.24) is 14.9 Å². The number of rotatable bonds is 5. The number of hydrogen-bond acceptors (Lipinski definition) is 5. The number of carbonyl (C=O) groups excluding carboxylic acids is 1. The first kappa shape index (κ1) is 15.0. The normalized spacial score (nSPS) is 10.4. The highest BCUT2D eigenvalue weighted by Gasteiger charge is 2.13. The van der Waals surface area contributed by atoms with Crippen LogP contribution < -0.4 is 5.73 Å². The summed E-state index contributed by atoms with van der Waals surface area (Å²) in [7, 11) is 0. The molecule has 18 heavy (non-hydrogen) atoms. The molecule has 0 aromatic carbocycles. The quantitative estimate of drug-likeness (QED) is 0.509. The number of halogens is 1. The Kier molecular flexibility index (Phi) is 5.68. The van der Waals surface area contributed by atoms with E-state index in [-0.39, 0.29) is 11.2 Å². The first-order valence-corrected chi connectivity index (χ1v) is 7.06. The largest absolute Gasteiger partial charge is 0.395 e. The maximum absolute atomic E-state index is 11.8. The van der Waals surface area contributed by atoms with Crippen molar-refractivity contribution in [3.05, 3.63) is 11.0 Å². The van der Waals surface area contributed by atoms with Crippen molar-refractivity contribution in [3.63, 3.8) is 0 Å². The molecule has 0 aliphatic carbocycles. The molecule has 2 N–H and O–H groups in total. The van der Waals surface area contributed by atoms with Crippen LogP contribution in [0.3, 0.4) is 0 Å². The first-order valence-electron chi connectivity index (χ1n) is 5.69. The molecule has 0 spiro atoms. The third-order valence-electron chi connectivity index (χ3n) is 2.52. The molecule has 100 valence electrons. The smallest absolute Gasteiger partial charge is 0.232 e. The number of anilines is 1. The number of carbonyl (C=O) groups is 1. The van der Waals surface area contributed by atoms with E-state index in [0.29, 0.717) is 35.2 Å². The summed E-state index contributed by atoms with van der Waals surface area (Å²) in [5, 5.41) is 0.715. The SMILES string of the molecule is CCN(CC)C(=O)CSc1nc(Cl)nc(C)c1N. The van der Waals surface area contributed by atoms with E-state index >= 15 is 0 Å². The van der Waals surface area contributed by atoms with Crippen LogP contribution in [-0.4, -0.2) is 39.6 Å². The van der Waals surface area contributed by atoms with E-state index in [1.54, 1.807) is 11.8 Å². The van der Waals surface area contributed by atoms with Crippen molar-refractivity contribution in [2.45, 2.75) is 25.8 Å². The Hall–Kier alpha value is -1.01. The topological polar surface area (TPSA) is 72.1 Å². The summed E-state index contributed by atoms with van der Waals surface area (Å²) in [5.41, 5.74) is 6.96. The van der Waals surface area contributed by atoms with Gasteiger partial charge in [0.05, 0.1) is 17.1 Å². The van der Waals surface area contributed by atoms with Gasteiger partial charge in [-0.05, 0) is 32.4 Å². The molecule has 0 aliphatic rings. The molecular weight excluding hydrogens is 272 g/mol. The Morgan fingerprint density at radius 2 is 2.00 bits per heavy atom. The molecule has 1 aromatic rings. The molecule has 0 radical (unpaired) electrons. The van der Waals surface area contributed by atoms with Gasteiger partial charge in [0.2, 0.25) is 11.2 Å². The summed E-state index contributed by atoms with van der Waals surface area (Å²) < 4.78 is 0. The summed E-state index contributed by atoms with van der Waals surface area (Å²) in [6.07, 6.45) is 0. The Balaban J connectivity index is 2.72. The molecule has 0 unspecified atom stereocenters. The molecule has 1 heterocycles. The molecule has 0 saturated carbocycles. The minimum absolute atomic E-state index is 0.0665. The highest BCUT2D eigenvalue weighted by molar-refractivity contribution is 8.00. The van der Waals surface area contributed by atoms with Gasteiger partial charge in [0.1, 0.15) is 5.03 Å². The zero-order chi connectivity index (χ0) is 13.7. The monoisotopic (exact) mass is 288 g/mol. The number of nitrogens with two attached hydrogens (primary N) is 1. The summed E-state index contributed by atoms with van der Waals surface area (Å²) in [6, 6.07) is 0. The van der Waals surface area contributed by atoms with Gasteiger partial charge in [0.15, 0.2) is 0 Å². The number of hydrogen-bond donors (Lipinski definition) is 1. The Labute approximate surface area is 116 Å². The summed E-state index contributed by atoms with van der Waals surface area (Å²) in [5.74, 6) is 0.371. The van der Waals surface area contributed by atoms with Crippen LogP contribution in [0.25, 0.3) is 0 Å². The molecule has 7 heteroatoms. The van der Waals surface area contributed by atoms with E-state index < -0.39 is 0 Å². The number of nitrogen functional groups attached to an aromatic ring is 1. The molecular formula is C11H17ClN4OS. The lowest BCUT2D eigenvalue weighted by molar-refractivity contribution is -0.127. The van der Waals surface area contributed by atoms with Gasteiger partial charge in [0.25, 0.3) is 0 Å². The van der Waals surface area contributed by atoms with Crippen LogP contribution in [0.5, 0.6) is 0 Å². The summed E-state index contributed by atoms with van der Waals surface area (Å²) in [4.78, 5) is 21.6. The van der Waals surface area contributed by atoms with Crippen LogP contribution in [0.1, 0.15) is 19.5 Å². The second-order valence-corrected chi connectivity index (χ2v) is 4.95. The molecule has 1 amide bonds. The fraction of sp³-hybridized carbons (Fsp3) is 0.545. The lowest BCUT2D eigenvalue weighted by Crippen LogP contribution is -2.31. The minimum Gasteiger partial charge on any atom is -0.395 e. The van der Waals surface area contributed by atoms with Crippen molar-refractivity contribution < 1.29 is 4.79 Å². The van der Waals surface area contributed by atoms with Gasteiger partial charge in [-0.3, -0.25) is 4.79 Å². The van der Waals surface area contributed by atoms with Gasteiger partial charge in [-0.15, -0.1) is 0 Å². The fourth-order valence-electron chi connectivity index (χ4n) is 1.43. The van der Waals surface area contributed by atoms with Gasteiger partial charge >= 0.3 is 0 Å². The van der Waals surface area contributed by atoms with Gasteiger partial charge in [-0.1, -0.05) is 11.8 Å². The average molecular weight is 289 g/mol. The predicted octanol–water partition coefficient (Wildman–Crippen LogP) is 1.98. The van der Waals surface area contributed by atoms with Crippen LogP contribution in [0.2, 0.25) is 5.28 Å². The van der Waals surface area contributed by atoms with Gasteiger partial charge in [0, 0.05) is 13.1 Å². The van der Waals surface area contributed by atoms with Crippen molar-refractivity contribution >= 4 is 35.0 Å². The maximum atomic E-state index is 11.8. The van der Waals surface area contributed by atoms with E-state index in [2.05, 4.69) is 9.97 Å². The predicted molar refractivity (Wildman–Crippen MR) is 74.8 cm³/mol. The van der Waals surface area contributed by atoms with Crippen molar-refractivity contribution in [3.8, 4) is 0 Å². The van der Waals surface area contributed by atoms with E-state index in [1.807, 2.05) is 13.8 Å². The lowest BCUT2D eigenvalue weighted by atomic mass is 10.4. The summed E-state index contributed by atoms with van der Waals surface area (Å²) in [6.45, 7) is 7.07. The molecule has 0 fully saturated rings. The zero-order valence-electron chi connectivity index (χ0n) is 10.7. The van der Waals surface area contributed by atoms with Crippen LogP contribution >= 0.6 is 23.4 Å². The first-order chi connectivity index (χ1) is 8.49. The third-order valence-corrected chi connectivity index (χ3v) is 3.67. The van der Waals surface area contributed by atoms with Crippen molar-refractivity contribution in [2.75, 3.05) is 24.6 Å². The van der Waals surface area contributed by atoms with Gasteiger partial charge in [-0.25, -0.2) is 9.97 Å². The molecule has 0 atom stereocenters. The van der Waals surface area contributed by atoms with E-state index in [4.69, 9.17) is 17.3 Å². The fourth-order valence-corrected chi connectivity index (χ4v) is 2.59. The molecule has 1 rings (SSSR count). The second kappa shape index (κ2) is 6.80. The second-order valence-electron chi connectivity index (χ2n) is 3.65. The number of aromatic nitrogens is 2. The average Bonchev–Trinajstić information content (AvgIpc) is 2.33. The molecule has 5 nitrogen and oxygen atoms in total. The summed E-state index contributed by atoms with van der Waals surface area (Å²) >= 11 is 7.06. The maximum Gasteiger partial charge on any atom is 0.232 e. The molecule has 0 aliphatic heterocycles. The lowest BCUT2D eigenvalue weighted by Gasteiger charge is -2.18. The molecule has 0 bridgehead atoms. The minimum atomic E-state index is 0.0665.